The van der Waals surface area contributed by atoms with Gasteiger partial charge in [-0.1, -0.05) is 30.4 Å². The number of nitro benzene ring substituents is 1. The van der Waals surface area contributed by atoms with Crippen molar-refractivity contribution in [2.24, 2.45) is 0 Å². The number of hydrogen-bond donors (Lipinski definition) is 0. The first-order valence-electron chi connectivity index (χ1n) is 6.14. The molecule has 1 aromatic heterocycles. The summed E-state index contributed by atoms with van der Waals surface area (Å²) in [7, 11) is 0. The highest BCUT2D eigenvalue weighted by atomic mass is 16.6. The fourth-order valence-electron chi connectivity index (χ4n) is 1.76. The van der Waals surface area contributed by atoms with E-state index in [9.17, 15) is 10.1 Å². The van der Waals surface area contributed by atoms with Gasteiger partial charge < -0.3 is 0 Å². The highest BCUT2D eigenvalue weighted by Crippen LogP contribution is 2.19. The monoisotopic (exact) mass is 277 g/mol. The second kappa shape index (κ2) is 6.78. The maximum atomic E-state index is 10.9. The zero-order valence-corrected chi connectivity index (χ0v) is 11.0. The van der Waals surface area contributed by atoms with E-state index in [2.05, 4.69) is 11.1 Å². The Bertz CT molecular complexity index is 758. The Hall–Kier alpha value is -3.26. The lowest BCUT2D eigenvalue weighted by molar-refractivity contribution is -0.385. The zero-order valence-electron chi connectivity index (χ0n) is 11.0. The number of nitriles is 1. The van der Waals surface area contributed by atoms with Crippen LogP contribution in [0.15, 0.2) is 54.9 Å². The fourth-order valence-corrected chi connectivity index (χ4v) is 1.76. The molecule has 0 amide bonds. The number of para-hydroxylation sites is 1. The number of nitrogens with zero attached hydrogens (tertiary/aromatic N) is 3. The highest BCUT2D eigenvalue weighted by Gasteiger charge is 2.08. The molecule has 0 aliphatic heterocycles. The fraction of sp³-hybridized carbons (Fsp3) is 0. The molecule has 0 aliphatic rings. The molecule has 0 saturated heterocycles. The van der Waals surface area contributed by atoms with Crippen molar-refractivity contribution in [3.8, 4) is 6.07 Å². The van der Waals surface area contributed by atoms with Gasteiger partial charge in [-0.2, -0.15) is 5.26 Å². The van der Waals surface area contributed by atoms with Gasteiger partial charge in [0.1, 0.15) is 6.07 Å². The van der Waals surface area contributed by atoms with Crippen molar-refractivity contribution in [3.63, 3.8) is 0 Å². The summed E-state index contributed by atoms with van der Waals surface area (Å²) in [5.41, 5.74) is 1.82. The third-order valence-corrected chi connectivity index (χ3v) is 2.77. The van der Waals surface area contributed by atoms with Crippen LogP contribution >= 0.6 is 0 Å². The van der Waals surface area contributed by atoms with Gasteiger partial charge in [-0.25, -0.2) is 0 Å². The molecule has 0 atom stereocenters. The second-order valence-electron chi connectivity index (χ2n) is 4.11. The van der Waals surface area contributed by atoms with Crippen LogP contribution in [-0.4, -0.2) is 9.91 Å². The highest BCUT2D eigenvalue weighted by molar-refractivity contribution is 5.64. The van der Waals surface area contributed by atoms with Crippen molar-refractivity contribution in [2.75, 3.05) is 0 Å². The Balaban J connectivity index is 2.18. The lowest BCUT2D eigenvalue weighted by atomic mass is 10.1. The van der Waals surface area contributed by atoms with Gasteiger partial charge in [0.25, 0.3) is 5.69 Å². The lowest BCUT2D eigenvalue weighted by Gasteiger charge is -1.96. The molecule has 0 unspecified atom stereocenters. The van der Waals surface area contributed by atoms with Gasteiger partial charge in [0.2, 0.25) is 0 Å². The molecule has 102 valence electrons. The number of aromatic nitrogens is 1. The van der Waals surface area contributed by atoms with E-state index < -0.39 is 4.92 Å². The van der Waals surface area contributed by atoms with Crippen LogP contribution in [0.2, 0.25) is 0 Å². The number of benzene rings is 1. The Morgan fingerprint density at radius 3 is 2.57 bits per heavy atom. The average Bonchev–Trinajstić information content (AvgIpc) is 2.52. The largest absolute Gasteiger partial charge is 0.276 e. The van der Waals surface area contributed by atoms with Crippen LogP contribution in [0.4, 0.5) is 5.69 Å². The molecule has 1 heterocycles. The molecule has 2 aromatic rings. The van der Waals surface area contributed by atoms with E-state index in [0.29, 0.717) is 11.1 Å². The first kappa shape index (κ1) is 14.2. The van der Waals surface area contributed by atoms with Crippen LogP contribution < -0.4 is 0 Å². The minimum atomic E-state index is -0.417. The van der Waals surface area contributed by atoms with Gasteiger partial charge in [-0.05, 0) is 23.8 Å². The molecule has 2 rings (SSSR count). The van der Waals surface area contributed by atoms with Crippen molar-refractivity contribution in [1.29, 1.82) is 5.26 Å². The van der Waals surface area contributed by atoms with Crippen molar-refractivity contribution >= 4 is 17.8 Å². The Morgan fingerprint density at radius 2 is 1.86 bits per heavy atom. The van der Waals surface area contributed by atoms with E-state index in [1.807, 2.05) is 0 Å². The summed E-state index contributed by atoms with van der Waals surface area (Å²) in [6.07, 6.45) is 9.93. The van der Waals surface area contributed by atoms with Crippen LogP contribution in [0, 0.1) is 21.4 Å². The molecular weight excluding hydrogens is 266 g/mol. The standard InChI is InChI=1S/C16H11N3O2/c17-11-15-12-18-10-9-13(15)5-1-2-6-14-7-3-4-8-16(14)19(20)21/h1-10,12H. The summed E-state index contributed by atoms with van der Waals surface area (Å²) in [6.45, 7) is 0. The predicted octanol–water partition coefficient (Wildman–Crippen LogP) is 3.59. The van der Waals surface area contributed by atoms with Crippen molar-refractivity contribution < 1.29 is 4.92 Å². The summed E-state index contributed by atoms with van der Waals surface area (Å²) in [5.74, 6) is 0. The van der Waals surface area contributed by atoms with E-state index in [4.69, 9.17) is 5.26 Å². The van der Waals surface area contributed by atoms with E-state index >= 15 is 0 Å². The summed E-state index contributed by atoms with van der Waals surface area (Å²) >= 11 is 0. The quantitative estimate of drug-likeness (QED) is 0.486. The van der Waals surface area contributed by atoms with Gasteiger partial charge in [0.15, 0.2) is 0 Å². The van der Waals surface area contributed by atoms with Crippen LogP contribution in [0.1, 0.15) is 16.7 Å². The number of hydrogen-bond acceptors (Lipinski definition) is 4. The SMILES string of the molecule is N#Cc1cnccc1C=CC=Cc1ccccc1[N+](=O)[O-]. The molecule has 0 bridgehead atoms. The Morgan fingerprint density at radius 1 is 1.14 bits per heavy atom. The number of pyridine rings is 1. The molecule has 0 fully saturated rings. The van der Waals surface area contributed by atoms with Crippen molar-refractivity contribution in [1.82, 2.24) is 4.98 Å². The first-order valence-corrected chi connectivity index (χ1v) is 6.14. The van der Waals surface area contributed by atoms with Crippen molar-refractivity contribution in [3.05, 3.63) is 81.7 Å². The van der Waals surface area contributed by atoms with Crippen LogP contribution in [0.3, 0.4) is 0 Å². The molecule has 0 radical (unpaired) electrons. The molecule has 0 N–H and O–H groups in total. The molecule has 21 heavy (non-hydrogen) atoms. The topological polar surface area (TPSA) is 79.8 Å². The Kier molecular flexibility index (Phi) is 4.57. The Labute approximate surface area is 121 Å². The van der Waals surface area contributed by atoms with E-state index in [1.54, 1.807) is 54.8 Å². The summed E-state index contributed by atoms with van der Waals surface area (Å²) in [6, 6.07) is 10.3. The molecule has 0 spiro atoms. The van der Waals surface area contributed by atoms with Crippen molar-refractivity contribution in [2.45, 2.75) is 0 Å². The normalized spacial score (nSPS) is 10.8. The van der Waals surface area contributed by atoms with Gasteiger partial charge >= 0.3 is 0 Å². The second-order valence-corrected chi connectivity index (χ2v) is 4.11. The first-order chi connectivity index (χ1) is 10.2. The predicted molar refractivity (Wildman–Crippen MR) is 80.1 cm³/mol. The van der Waals surface area contributed by atoms with Gasteiger partial charge in [-0.3, -0.25) is 15.1 Å². The van der Waals surface area contributed by atoms with E-state index in [0.717, 1.165) is 5.56 Å². The van der Waals surface area contributed by atoms with Crippen LogP contribution in [0.5, 0.6) is 0 Å². The zero-order chi connectivity index (χ0) is 15.1. The molecule has 5 nitrogen and oxygen atoms in total. The maximum Gasteiger partial charge on any atom is 0.276 e. The van der Waals surface area contributed by atoms with Gasteiger partial charge in [0.05, 0.1) is 16.1 Å². The third kappa shape index (κ3) is 3.61. The number of rotatable bonds is 4. The lowest BCUT2D eigenvalue weighted by Crippen LogP contribution is -1.90. The van der Waals surface area contributed by atoms with Crippen LogP contribution in [0.25, 0.3) is 12.2 Å². The molecule has 5 heteroatoms. The molecular formula is C16H11N3O2. The third-order valence-electron chi connectivity index (χ3n) is 2.77. The number of allylic oxidation sites excluding steroid dienone is 2. The summed E-state index contributed by atoms with van der Waals surface area (Å²) in [5, 5.41) is 19.8. The molecule has 1 aromatic carbocycles. The summed E-state index contributed by atoms with van der Waals surface area (Å²) < 4.78 is 0. The van der Waals surface area contributed by atoms with E-state index in [-0.39, 0.29) is 5.69 Å². The smallest absolute Gasteiger partial charge is 0.263 e. The van der Waals surface area contributed by atoms with Gasteiger partial charge in [0, 0.05) is 18.5 Å². The molecule has 0 saturated carbocycles. The van der Waals surface area contributed by atoms with E-state index in [1.165, 1.54) is 12.3 Å². The van der Waals surface area contributed by atoms with Crippen LogP contribution in [-0.2, 0) is 0 Å². The average molecular weight is 277 g/mol. The number of nitro groups is 1. The summed E-state index contributed by atoms with van der Waals surface area (Å²) in [4.78, 5) is 14.3. The molecule has 0 aliphatic carbocycles. The van der Waals surface area contributed by atoms with Gasteiger partial charge in [-0.15, -0.1) is 0 Å². The maximum absolute atomic E-state index is 10.9. The minimum Gasteiger partial charge on any atom is -0.263 e. The minimum absolute atomic E-state index is 0.0591.